The van der Waals surface area contributed by atoms with Crippen LogP contribution in [0.4, 0.5) is 0 Å². The van der Waals surface area contributed by atoms with Crippen molar-refractivity contribution in [3.05, 3.63) is 60.9 Å². The maximum Gasteiger partial charge on any atom is 0.285 e. The SMILES string of the molecule is Cn1n[n+](-c2ccccn2)cc1-c1ccccc1. The van der Waals surface area contributed by atoms with Crippen LogP contribution in [0.1, 0.15) is 0 Å². The second-order valence-electron chi connectivity index (χ2n) is 4.03. The molecule has 4 heteroatoms. The van der Waals surface area contributed by atoms with Crippen molar-refractivity contribution in [2.45, 2.75) is 0 Å². The van der Waals surface area contributed by atoms with Crippen LogP contribution in [0, 0.1) is 0 Å². The third-order valence-corrected chi connectivity index (χ3v) is 2.78. The molecular formula is C14H13N4+. The molecule has 3 rings (SSSR count). The molecule has 0 bridgehead atoms. The molecule has 0 aliphatic heterocycles. The Bertz CT molecular complexity index is 644. The summed E-state index contributed by atoms with van der Waals surface area (Å²) in [6, 6.07) is 16.0. The third kappa shape index (κ3) is 1.88. The number of hydrogen-bond acceptors (Lipinski definition) is 2. The monoisotopic (exact) mass is 237 g/mol. The largest absolute Gasteiger partial charge is 0.285 e. The lowest BCUT2D eigenvalue weighted by Crippen LogP contribution is -2.33. The fourth-order valence-electron chi connectivity index (χ4n) is 1.89. The highest BCUT2D eigenvalue weighted by Crippen LogP contribution is 2.15. The van der Waals surface area contributed by atoms with Crippen LogP contribution in [0.2, 0.25) is 0 Å². The van der Waals surface area contributed by atoms with E-state index in [1.54, 1.807) is 10.9 Å². The Kier molecular flexibility index (Phi) is 2.61. The first-order valence-electron chi connectivity index (χ1n) is 5.77. The summed E-state index contributed by atoms with van der Waals surface area (Å²) in [4.78, 5) is 4.28. The molecule has 0 aliphatic carbocycles. The Hall–Kier alpha value is -2.49. The van der Waals surface area contributed by atoms with Gasteiger partial charge in [0.1, 0.15) is 12.4 Å². The zero-order chi connectivity index (χ0) is 12.4. The van der Waals surface area contributed by atoms with Gasteiger partial charge >= 0.3 is 0 Å². The van der Waals surface area contributed by atoms with Crippen molar-refractivity contribution in [1.29, 1.82) is 0 Å². The first-order valence-corrected chi connectivity index (χ1v) is 5.77. The molecule has 0 saturated heterocycles. The normalized spacial score (nSPS) is 10.5. The molecule has 18 heavy (non-hydrogen) atoms. The van der Waals surface area contributed by atoms with Crippen LogP contribution in [-0.4, -0.2) is 14.9 Å². The maximum absolute atomic E-state index is 4.43. The van der Waals surface area contributed by atoms with Gasteiger partial charge in [0.15, 0.2) is 5.69 Å². The quantitative estimate of drug-likeness (QED) is 0.636. The zero-order valence-electron chi connectivity index (χ0n) is 10.1. The van der Waals surface area contributed by atoms with Crippen LogP contribution in [0.5, 0.6) is 0 Å². The zero-order valence-corrected chi connectivity index (χ0v) is 10.1. The van der Waals surface area contributed by atoms with E-state index in [1.165, 1.54) is 0 Å². The second kappa shape index (κ2) is 4.41. The molecule has 88 valence electrons. The minimum absolute atomic E-state index is 0.815. The molecule has 0 radical (unpaired) electrons. The molecule has 0 unspecified atom stereocenters. The van der Waals surface area contributed by atoms with Crippen LogP contribution >= 0.6 is 0 Å². The van der Waals surface area contributed by atoms with Gasteiger partial charge in [0.05, 0.1) is 7.05 Å². The number of pyridine rings is 1. The highest BCUT2D eigenvalue weighted by Gasteiger charge is 2.14. The Morgan fingerprint density at radius 2 is 1.78 bits per heavy atom. The number of hydrogen-bond donors (Lipinski definition) is 0. The van der Waals surface area contributed by atoms with Crippen molar-refractivity contribution in [3.8, 4) is 17.1 Å². The molecule has 0 N–H and O–H groups in total. The van der Waals surface area contributed by atoms with Gasteiger partial charge in [-0.15, -0.1) is 9.67 Å². The molecular weight excluding hydrogens is 224 g/mol. The predicted octanol–water partition coefficient (Wildman–Crippen LogP) is 1.76. The van der Waals surface area contributed by atoms with E-state index in [1.807, 2.05) is 54.3 Å². The van der Waals surface area contributed by atoms with E-state index in [4.69, 9.17) is 0 Å². The number of rotatable bonds is 2. The summed E-state index contributed by atoms with van der Waals surface area (Å²) in [5.41, 5.74) is 2.20. The molecule has 0 aliphatic rings. The molecule has 0 atom stereocenters. The van der Waals surface area contributed by atoms with Crippen LogP contribution < -0.4 is 4.68 Å². The average Bonchev–Trinajstić information content (AvgIpc) is 2.83. The molecule has 3 aromatic rings. The Morgan fingerprint density at radius 1 is 1.00 bits per heavy atom. The molecule has 0 fully saturated rings. The van der Waals surface area contributed by atoms with Gasteiger partial charge in [-0.1, -0.05) is 36.4 Å². The molecule has 0 saturated carbocycles. The minimum Gasteiger partial charge on any atom is -0.170 e. The summed E-state index contributed by atoms with van der Waals surface area (Å²) in [7, 11) is 1.93. The topological polar surface area (TPSA) is 34.6 Å². The Labute approximate surface area is 105 Å². The fraction of sp³-hybridized carbons (Fsp3) is 0.0714. The van der Waals surface area contributed by atoms with E-state index in [9.17, 15) is 0 Å². The predicted molar refractivity (Wildman–Crippen MR) is 68.0 cm³/mol. The number of aryl methyl sites for hydroxylation is 1. The van der Waals surface area contributed by atoms with Crippen molar-refractivity contribution >= 4 is 0 Å². The highest BCUT2D eigenvalue weighted by molar-refractivity contribution is 5.57. The smallest absolute Gasteiger partial charge is 0.170 e. The minimum atomic E-state index is 0.815. The van der Waals surface area contributed by atoms with Gasteiger partial charge in [0, 0.05) is 16.8 Å². The molecule has 0 spiro atoms. The number of benzene rings is 1. The maximum atomic E-state index is 4.43. The second-order valence-corrected chi connectivity index (χ2v) is 4.03. The standard InChI is InChI=1S/C14H13N4/c1-17-13(12-7-3-2-4-8-12)11-18(16-17)14-9-5-6-10-15-14/h2-11H,1H3/q+1. The van der Waals surface area contributed by atoms with Crippen molar-refractivity contribution in [2.24, 2.45) is 7.05 Å². The van der Waals surface area contributed by atoms with Gasteiger partial charge in [-0.05, 0) is 6.07 Å². The van der Waals surface area contributed by atoms with Gasteiger partial charge in [-0.3, -0.25) is 0 Å². The number of nitrogens with zero attached hydrogens (tertiary/aromatic N) is 4. The summed E-state index contributed by atoms with van der Waals surface area (Å²) in [5.74, 6) is 0.815. The van der Waals surface area contributed by atoms with E-state index in [0.29, 0.717) is 0 Å². The molecule has 4 nitrogen and oxygen atoms in total. The Morgan fingerprint density at radius 3 is 2.50 bits per heavy atom. The van der Waals surface area contributed by atoms with Crippen molar-refractivity contribution in [2.75, 3.05) is 0 Å². The summed E-state index contributed by atoms with van der Waals surface area (Å²) in [6.07, 6.45) is 3.75. The molecule has 0 amide bonds. The third-order valence-electron chi connectivity index (χ3n) is 2.78. The van der Waals surface area contributed by atoms with E-state index < -0.39 is 0 Å². The van der Waals surface area contributed by atoms with Crippen molar-refractivity contribution in [1.82, 2.24) is 14.9 Å². The first-order chi connectivity index (χ1) is 8.84. The molecule has 2 heterocycles. The summed E-state index contributed by atoms with van der Waals surface area (Å²) in [5, 5.41) is 4.43. The lowest BCUT2D eigenvalue weighted by Gasteiger charge is -1.94. The van der Waals surface area contributed by atoms with Gasteiger partial charge in [-0.2, -0.15) is 4.68 Å². The molecule has 2 aromatic heterocycles. The van der Waals surface area contributed by atoms with E-state index in [0.717, 1.165) is 17.1 Å². The van der Waals surface area contributed by atoms with Gasteiger partial charge in [0.2, 0.25) is 0 Å². The van der Waals surface area contributed by atoms with Crippen LogP contribution in [0.25, 0.3) is 17.1 Å². The Balaban J connectivity index is 2.07. The summed E-state index contributed by atoms with van der Waals surface area (Å²) >= 11 is 0. The fourth-order valence-corrected chi connectivity index (χ4v) is 1.89. The summed E-state index contributed by atoms with van der Waals surface area (Å²) in [6.45, 7) is 0. The van der Waals surface area contributed by atoms with Gasteiger partial charge in [0.25, 0.3) is 5.82 Å². The average molecular weight is 237 g/mol. The lowest BCUT2D eigenvalue weighted by molar-refractivity contribution is -0.664. The van der Waals surface area contributed by atoms with E-state index in [-0.39, 0.29) is 0 Å². The number of aromatic nitrogens is 4. The van der Waals surface area contributed by atoms with Crippen LogP contribution in [-0.2, 0) is 7.05 Å². The van der Waals surface area contributed by atoms with Crippen molar-refractivity contribution < 1.29 is 4.68 Å². The van der Waals surface area contributed by atoms with Gasteiger partial charge < -0.3 is 0 Å². The van der Waals surface area contributed by atoms with Crippen LogP contribution in [0.15, 0.2) is 60.9 Å². The molecule has 1 aromatic carbocycles. The lowest BCUT2D eigenvalue weighted by atomic mass is 10.2. The summed E-state index contributed by atoms with van der Waals surface area (Å²) < 4.78 is 3.63. The van der Waals surface area contributed by atoms with E-state index >= 15 is 0 Å². The van der Waals surface area contributed by atoms with E-state index in [2.05, 4.69) is 22.3 Å². The first kappa shape index (κ1) is 10.7. The highest BCUT2D eigenvalue weighted by atomic mass is 15.5. The van der Waals surface area contributed by atoms with Gasteiger partial charge in [-0.25, -0.2) is 0 Å². The van der Waals surface area contributed by atoms with Crippen molar-refractivity contribution in [3.63, 3.8) is 0 Å². The van der Waals surface area contributed by atoms with Crippen LogP contribution in [0.3, 0.4) is 0 Å².